The summed E-state index contributed by atoms with van der Waals surface area (Å²) in [5, 5.41) is 4.14. The van der Waals surface area contributed by atoms with E-state index in [9.17, 15) is 4.39 Å². The zero-order chi connectivity index (χ0) is 23.9. The monoisotopic (exact) mass is 461 g/mol. The maximum absolute atomic E-state index is 13.5. The predicted molar refractivity (Wildman–Crippen MR) is 133 cm³/mol. The van der Waals surface area contributed by atoms with Crippen molar-refractivity contribution < 1.29 is 13.9 Å². The summed E-state index contributed by atoms with van der Waals surface area (Å²) < 4.78 is 25.3. The van der Waals surface area contributed by atoms with Crippen LogP contribution in [0.15, 0.2) is 66.1 Å². The van der Waals surface area contributed by atoms with Crippen molar-refractivity contribution in [3.8, 4) is 17.0 Å². The molecular weight excluding hydrogens is 433 g/mol. The number of nitrogens with zero attached hydrogens (tertiary/aromatic N) is 4. The molecule has 7 nitrogen and oxygen atoms in total. The van der Waals surface area contributed by atoms with E-state index in [1.165, 1.54) is 18.6 Å². The van der Waals surface area contributed by atoms with Gasteiger partial charge < -0.3 is 14.8 Å². The van der Waals surface area contributed by atoms with Crippen molar-refractivity contribution in [2.45, 2.75) is 25.9 Å². The lowest BCUT2D eigenvalue weighted by atomic mass is 10.1. The smallest absolute Gasteiger partial charge is 0.146 e. The molecule has 0 spiro atoms. The van der Waals surface area contributed by atoms with Crippen LogP contribution in [0.2, 0.25) is 0 Å². The van der Waals surface area contributed by atoms with Crippen LogP contribution < -0.4 is 10.1 Å². The number of halogens is 1. The topological polar surface area (TPSA) is 81.5 Å². The van der Waals surface area contributed by atoms with Gasteiger partial charge in [0.15, 0.2) is 0 Å². The molecule has 176 valence electrons. The Balaban J connectivity index is 1.69. The van der Waals surface area contributed by atoms with E-state index in [1.54, 1.807) is 13.1 Å². The van der Waals surface area contributed by atoms with E-state index in [1.807, 2.05) is 31.2 Å². The van der Waals surface area contributed by atoms with Crippen molar-refractivity contribution >= 4 is 22.4 Å². The highest BCUT2D eigenvalue weighted by Gasteiger charge is 2.19. The third-order valence-electron chi connectivity index (χ3n) is 5.58. The summed E-state index contributed by atoms with van der Waals surface area (Å²) in [6.45, 7) is 7.86. The van der Waals surface area contributed by atoms with Crippen molar-refractivity contribution in [3.05, 3.63) is 66.9 Å². The molecule has 1 aliphatic heterocycles. The number of fused-ring (bicyclic) bond motifs is 1. The van der Waals surface area contributed by atoms with Gasteiger partial charge in [0.25, 0.3) is 0 Å². The van der Waals surface area contributed by atoms with Crippen LogP contribution in [0.5, 0.6) is 5.75 Å². The minimum Gasteiger partial charge on any atom is -0.488 e. The van der Waals surface area contributed by atoms with Crippen LogP contribution in [0.1, 0.15) is 19.8 Å². The van der Waals surface area contributed by atoms with Crippen LogP contribution in [0, 0.1) is 5.82 Å². The number of allylic oxidation sites excluding steroid dienone is 1. The van der Waals surface area contributed by atoms with Gasteiger partial charge in [-0.1, -0.05) is 12.7 Å². The first-order valence-corrected chi connectivity index (χ1v) is 11.2. The Morgan fingerprint density at radius 1 is 1.24 bits per heavy atom. The molecule has 0 amide bonds. The molecule has 0 bridgehead atoms. The Labute approximate surface area is 198 Å². The fourth-order valence-corrected chi connectivity index (χ4v) is 3.60. The average molecular weight is 462 g/mol. The Morgan fingerprint density at radius 2 is 2.06 bits per heavy atom. The standard InChI is InChI=1S/C26H28FN5O2/c1-17(4-5-18(2)28-3)14-30-26-22-12-19(23-7-6-20(27)15-29-23)13-24(25(22)31-16-32-26)34-21-8-10-33-11-9-21/h4-7,12-13,15-16,21H,1,8-11,14H2,2-3H3,(H,30,31,32)/b5-4-,28-18-. The van der Waals surface area contributed by atoms with Crippen molar-refractivity contribution in [2.24, 2.45) is 4.99 Å². The number of anilines is 1. The lowest BCUT2D eigenvalue weighted by Gasteiger charge is -2.24. The Bertz CT molecular complexity index is 1220. The van der Waals surface area contributed by atoms with Gasteiger partial charge in [0.05, 0.1) is 25.1 Å². The number of benzene rings is 1. The van der Waals surface area contributed by atoms with E-state index < -0.39 is 0 Å². The second-order valence-corrected chi connectivity index (χ2v) is 8.09. The number of nitrogens with one attached hydrogen (secondary N) is 1. The summed E-state index contributed by atoms with van der Waals surface area (Å²) in [6, 6.07) is 6.89. The molecule has 0 radical (unpaired) electrons. The summed E-state index contributed by atoms with van der Waals surface area (Å²) in [7, 11) is 1.75. The van der Waals surface area contributed by atoms with Crippen molar-refractivity contribution in [1.29, 1.82) is 0 Å². The van der Waals surface area contributed by atoms with Gasteiger partial charge in [-0.15, -0.1) is 0 Å². The number of rotatable bonds is 8. The summed E-state index contributed by atoms with van der Waals surface area (Å²) in [5.41, 5.74) is 3.92. The number of ether oxygens (including phenoxy) is 2. The molecule has 1 saturated heterocycles. The molecule has 3 heterocycles. The number of aliphatic imine (C=N–C) groups is 1. The van der Waals surface area contributed by atoms with E-state index in [-0.39, 0.29) is 11.9 Å². The van der Waals surface area contributed by atoms with E-state index in [2.05, 4.69) is 31.8 Å². The van der Waals surface area contributed by atoms with Crippen LogP contribution >= 0.6 is 0 Å². The van der Waals surface area contributed by atoms with Crippen LogP contribution in [0.25, 0.3) is 22.2 Å². The molecule has 0 unspecified atom stereocenters. The SMILES string of the molecule is C=C(/C=C\C(C)=N/C)CNc1ncnc2c(OC3CCOCC3)cc(-c3ccc(F)cn3)cc12. The first-order chi connectivity index (χ1) is 16.5. The van der Waals surface area contributed by atoms with Crippen molar-refractivity contribution in [1.82, 2.24) is 15.0 Å². The fourth-order valence-electron chi connectivity index (χ4n) is 3.60. The molecule has 0 atom stereocenters. The normalized spacial score (nSPS) is 15.1. The Morgan fingerprint density at radius 3 is 2.79 bits per heavy atom. The zero-order valence-corrected chi connectivity index (χ0v) is 19.4. The molecule has 2 aromatic heterocycles. The summed E-state index contributed by atoms with van der Waals surface area (Å²) in [4.78, 5) is 17.3. The number of aromatic nitrogens is 3. The number of pyridine rings is 1. The van der Waals surface area contributed by atoms with E-state index in [0.717, 1.165) is 35.1 Å². The maximum Gasteiger partial charge on any atom is 0.146 e. The molecule has 1 aromatic carbocycles. The maximum atomic E-state index is 13.5. The quantitative estimate of drug-likeness (QED) is 0.375. The molecule has 1 fully saturated rings. The second-order valence-electron chi connectivity index (χ2n) is 8.09. The predicted octanol–water partition coefficient (Wildman–Crippen LogP) is 5.00. The minimum absolute atomic E-state index is 0.0353. The van der Waals surface area contributed by atoms with Crippen molar-refractivity contribution in [2.75, 3.05) is 32.1 Å². The molecular formula is C26H28FN5O2. The lowest BCUT2D eigenvalue weighted by Crippen LogP contribution is -2.26. The van der Waals surface area contributed by atoms with Crippen LogP contribution in [-0.2, 0) is 4.74 Å². The van der Waals surface area contributed by atoms with Crippen molar-refractivity contribution in [3.63, 3.8) is 0 Å². The van der Waals surface area contributed by atoms with Gasteiger partial charge in [-0.3, -0.25) is 9.98 Å². The average Bonchev–Trinajstić information content (AvgIpc) is 2.87. The minimum atomic E-state index is -0.385. The largest absolute Gasteiger partial charge is 0.488 e. The molecule has 0 saturated carbocycles. The molecule has 1 N–H and O–H groups in total. The molecule has 3 aromatic rings. The van der Waals surface area contributed by atoms with E-state index in [4.69, 9.17) is 9.47 Å². The van der Waals surface area contributed by atoms with Gasteiger partial charge in [-0.25, -0.2) is 14.4 Å². The van der Waals surface area contributed by atoms with Gasteiger partial charge in [0.2, 0.25) is 0 Å². The Hall–Kier alpha value is -3.65. The highest BCUT2D eigenvalue weighted by atomic mass is 19.1. The highest BCUT2D eigenvalue weighted by molar-refractivity contribution is 5.96. The lowest BCUT2D eigenvalue weighted by molar-refractivity contribution is 0.0261. The summed E-state index contributed by atoms with van der Waals surface area (Å²) in [6.07, 6.45) is 8.22. The van der Waals surface area contributed by atoms with Gasteiger partial charge in [-0.05, 0) is 42.8 Å². The van der Waals surface area contributed by atoms with Gasteiger partial charge in [-0.2, -0.15) is 0 Å². The third kappa shape index (κ3) is 5.82. The van der Waals surface area contributed by atoms with E-state index in [0.29, 0.717) is 42.5 Å². The summed E-state index contributed by atoms with van der Waals surface area (Å²) in [5.74, 6) is 0.912. The molecule has 34 heavy (non-hydrogen) atoms. The Kier molecular flexibility index (Phi) is 7.59. The summed E-state index contributed by atoms with van der Waals surface area (Å²) >= 11 is 0. The molecule has 0 aliphatic carbocycles. The first-order valence-electron chi connectivity index (χ1n) is 11.2. The highest BCUT2D eigenvalue weighted by Crippen LogP contribution is 2.35. The van der Waals surface area contributed by atoms with Crippen LogP contribution in [0.4, 0.5) is 10.2 Å². The fraction of sp³-hybridized carbons (Fsp3) is 0.308. The van der Waals surface area contributed by atoms with Gasteiger partial charge in [0, 0.05) is 43.1 Å². The third-order valence-corrected chi connectivity index (χ3v) is 5.58. The molecule has 8 heteroatoms. The van der Waals surface area contributed by atoms with Crippen LogP contribution in [-0.4, -0.2) is 53.6 Å². The molecule has 4 rings (SSSR count). The number of hydrogen-bond donors (Lipinski definition) is 1. The molecule has 1 aliphatic rings. The number of hydrogen-bond acceptors (Lipinski definition) is 7. The van der Waals surface area contributed by atoms with Gasteiger partial charge in [0.1, 0.15) is 35.3 Å². The first kappa shape index (κ1) is 23.5. The zero-order valence-electron chi connectivity index (χ0n) is 19.4. The second kappa shape index (κ2) is 11.0. The van der Waals surface area contributed by atoms with E-state index >= 15 is 0 Å². The van der Waals surface area contributed by atoms with Crippen LogP contribution in [0.3, 0.4) is 0 Å². The van der Waals surface area contributed by atoms with Gasteiger partial charge >= 0.3 is 0 Å².